The molecule has 2 aromatic rings. The molecule has 0 aliphatic rings. The number of aryl methyl sites for hydroxylation is 2. The van der Waals surface area contributed by atoms with Crippen molar-refractivity contribution in [2.45, 2.75) is 20.0 Å². The standard InChI is InChI=1S/C15H13BrF2O/c1-8-5-10(6-9(2)14(8)18)15(19)12-4-3-11(16)7-13(12)17/h3-7,15,19H,1-2H3. The second kappa shape index (κ2) is 5.39. The summed E-state index contributed by atoms with van der Waals surface area (Å²) in [6.07, 6.45) is -1.11. The van der Waals surface area contributed by atoms with Gasteiger partial charge in [0.25, 0.3) is 0 Å². The highest BCUT2D eigenvalue weighted by molar-refractivity contribution is 9.10. The van der Waals surface area contributed by atoms with Crippen LogP contribution in [0.25, 0.3) is 0 Å². The number of hydrogen-bond acceptors (Lipinski definition) is 1. The van der Waals surface area contributed by atoms with Gasteiger partial charge in [-0.3, -0.25) is 0 Å². The summed E-state index contributed by atoms with van der Waals surface area (Å²) in [5.41, 5.74) is 1.53. The van der Waals surface area contributed by atoms with Crippen molar-refractivity contribution in [3.8, 4) is 0 Å². The molecular weight excluding hydrogens is 314 g/mol. The van der Waals surface area contributed by atoms with Gasteiger partial charge in [-0.25, -0.2) is 8.78 Å². The zero-order valence-electron chi connectivity index (χ0n) is 10.5. The van der Waals surface area contributed by atoms with Gasteiger partial charge in [0.1, 0.15) is 17.7 Å². The lowest BCUT2D eigenvalue weighted by Crippen LogP contribution is -2.04. The van der Waals surface area contributed by atoms with Crippen LogP contribution >= 0.6 is 15.9 Å². The van der Waals surface area contributed by atoms with Crippen LogP contribution in [0.3, 0.4) is 0 Å². The van der Waals surface area contributed by atoms with Crippen molar-refractivity contribution in [3.63, 3.8) is 0 Å². The van der Waals surface area contributed by atoms with Crippen molar-refractivity contribution < 1.29 is 13.9 Å². The van der Waals surface area contributed by atoms with Crippen LogP contribution in [-0.2, 0) is 0 Å². The molecule has 1 N–H and O–H groups in total. The van der Waals surface area contributed by atoms with E-state index in [-0.39, 0.29) is 11.4 Å². The molecule has 0 spiro atoms. The van der Waals surface area contributed by atoms with Crippen molar-refractivity contribution >= 4 is 15.9 Å². The van der Waals surface area contributed by atoms with Gasteiger partial charge in [0, 0.05) is 10.0 Å². The Morgan fingerprint density at radius 3 is 2.16 bits per heavy atom. The van der Waals surface area contributed by atoms with Crippen LogP contribution in [0.5, 0.6) is 0 Å². The number of hydrogen-bond donors (Lipinski definition) is 1. The smallest absolute Gasteiger partial charge is 0.130 e. The lowest BCUT2D eigenvalue weighted by Gasteiger charge is -2.15. The molecular formula is C15H13BrF2O. The average Bonchev–Trinajstić information content (AvgIpc) is 2.34. The van der Waals surface area contributed by atoms with E-state index in [2.05, 4.69) is 15.9 Å². The van der Waals surface area contributed by atoms with Gasteiger partial charge in [-0.15, -0.1) is 0 Å². The van der Waals surface area contributed by atoms with E-state index in [4.69, 9.17) is 0 Å². The zero-order chi connectivity index (χ0) is 14.2. The topological polar surface area (TPSA) is 20.2 Å². The molecule has 0 radical (unpaired) electrons. The SMILES string of the molecule is Cc1cc(C(O)c2ccc(Br)cc2F)cc(C)c1F. The summed E-state index contributed by atoms with van der Waals surface area (Å²) in [4.78, 5) is 0. The van der Waals surface area contributed by atoms with Crippen LogP contribution in [0.1, 0.15) is 28.4 Å². The minimum atomic E-state index is -1.11. The summed E-state index contributed by atoms with van der Waals surface area (Å²) in [7, 11) is 0. The Bertz CT molecular complexity index is 603. The van der Waals surface area contributed by atoms with Gasteiger partial charge in [0.2, 0.25) is 0 Å². The number of benzene rings is 2. The molecule has 0 aliphatic heterocycles. The van der Waals surface area contributed by atoms with E-state index < -0.39 is 11.9 Å². The summed E-state index contributed by atoms with van der Waals surface area (Å²) >= 11 is 3.16. The minimum Gasteiger partial charge on any atom is -0.384 e. The number of rotatable bonds is 2. The highest BCUT2D eigenvalue weighted by Gasteiger charge is 2.17. The Hall–Kier alpha value is -1.26. The minimum absolute atomic E-state index is 0.175. The van der Waals surface area contributed by atoms with Crippen LogP contribution in [-0.4, -0.2) is 5.11 Å². The third kappa shape index (κ3) is 2.85. The number of aliphatic hydroxyl groups is 1. The maximum absolute atomic E-state index is 13.8. The predicted octanol–water partition coefficient (Wildman–Crippen LogP) is 4.43. The van der Waals surface area contributed by atoms with E-state index in [1.165, 1.54) is 24.3 Å². The Morgan fingerprint density at radius 2 is 1.63 bits per heavy atom. The molecule has 0 fully saturated rings. The van der Waals surface area contributed by atoms with E-state index in [9.17, 15) is 13.9 Å². The van der Waals surface area contributed by atoms with E-state index >= 15 is 0 Å². The first kappa shape index (κ1) is 14.2. The second-order valence-corrected chi connectivity index (χ2v) is 5.45. The van der Waals surface area contributed by atoms with Crippen molar-refractivity contribution in [1.82, 2.24) is 0 Å². The fraction of sp³-hybridized carbons (Fsp3) is 0.200. The molecule has 1 nitrogen and oxygen atoms in total. The molecule has 2 aromatic carbocycles. The Balaban J connectivity index is 2.47. The molecule has 19 heavy (non-hydrogen) atoms. The van der Waals surface area contributed by atoms with E-state index in [0.29, 0.717) is 21.2 Å². The fourth-order valence-corrected chi connectivity index (χ4v) is 2.37. The third-order valence-corrected chi connectivity index (χ3v) is 3.52. The van der Waals surface area contributed by atoms with E-state index in [0.717, 1.165) is 0 Å². The summed E-state index contributed by atoms with van der Waals surface area (Å²) in [5, 5.41) is 10.2. The summed E-state index contributed by atoms with van der Waals surface area (Å²) in [6.45, 7) is 3.24. The van der Waals surface area contributed by atoms with Gasteiger partial charge in [-0.05, 0) is 42.7 Å². The van der Waals surface area contributed by atoms with Gasteiger partial charge in [0.05, 0.1) is 0 Å². The molecule has 0 saturated carbocycles. The summed E-state index contributed by atoms with van der Waals surface area (Å²) < 4.78 is 28.0. The van der Waals surface area contributed by atoms with Gasteiger partial charge >= 0.3 is 0 Å². The number of aliphatic hydroxyl groups excluding tert-OH is 1. The van der Waals surface area contributed by atoms with Crippen LogP contribution in [0.2, 0.25) is 0 Å². The normalized spacial score (nSPS) is 12.5. The molecule has 1 unspecified atom stereocenters. The van der Waals surface area contributed by atoms with Crippen LogP contribution in [0.15, 0.2) is 34.8 Å². The Morgan fingerprint density at radius 1 is 1.05 bits per heavy atom. The number of halogens is 3. The van der Waals surface area contributed by atoms with Gasteiger partial charge < -0.3 is 5.11 Å². The largest absolute Gasteiger partial charge is 0.384 e. The first-order valence-electron chi connectivity index (χ1n) is 5.80. The summed E-state index contributed by atoms with van der Waals surface area (Å²) in [6, 6.07) is 7.54. The molecule has 0 saturated heterocycles. The van der Waals surface area contributed by atoms with Crippen molar-refractivity contribution in [1.29, 1.82) is 0 Å². The van der Waals surface area contributed by atoms with Crippen molar-refractivity contribution in [2.75, 3.05) is 0 Å². The average molecular weight is 327 g/mol. The van der Waals surface area contributed by atoms with Crippen LogP contribution < -0.4 is 0 Å². The molecule has 100 valence electrons. The Labute approximate surface area is 119 Å². The Kier molecular flexibility index (Phi) is 4.02. The molecule has 0 heterocycles. The molecule has 0 aromatic heterocycles. The highest BCUT2D eigenvalue weighted by atomic mass is 79.9. The molecule has 0 amide bonds. The molecule has 4 heteroatoms. The van der Waals surface area contributed by atoms with Gasteiger partial charge in [0.15, 0.2) is 0 Å². The van der Waals surface area contributed by atoms with E-state index in [1.54, 1.807) is 19.9 Å². The first-order valence-corrected chi connectivity index (χ1v) is 6.59. The van der Waals surface area contributed by atoms with E-state index in [1.807, 2.05) is 0 Å². The molecule has 0 bridgehead atoms. The second-order valence-electron chi connectivity index (χ2n) is 4.54. The maximum atomic E-state index is 13.8. The lowest BCUT2D eigenvalue weighted by atomic mass is 9.97. The zero-order valence-corrected chi connectivity index (χ0v) is 12.1. The lowest BCUT2D eigenvalue weighted by molar-refractivity contribution is 0.214. The van der Waals surface area contributed by atoms with Crippen molar-refractivity contribution in [3.05, 3.63) is 68.7 Å². The first-order chi connectivity index (χ1) is 8.90. The quantitative estimate of drug-likeness (QED) is 0.865. The molecule has 1 atom stereocenters. The maximum Gasteiger partial charge on any atom is 0.130 e. The third-order valence-electron chi connectivity index (χ3n) is 3.03. The molecule has 2 rings (SSSR count). The van der Waals surface area contributed by atoms with Crippen LogP contribution in [0.4, 0.5) is 8.78 Å². The summed E-state index contributed by atoms with van der Waals surface area (Å²) in [5.74, 6) is -0.797. The van der Waals surface area contributed by atoms with Crippen LogP contribution in [0, 0.1) is 25.5 Å². The van der Waals surface area contributed by atoms with Gasteiger partial charge in [-0.1, -0.05) is 34.1 Å². The monoisotopic (exact) mass is 326 g/mol. The highest BCUT2D eigenvalue weighted by Crippen LogP contribution is 2.28. The van der Waals surface area contributed by atoms with Gasteiger partial charge in [-0.2, -0.15) is 0 Å². The fourth-order valence-electron chi connectivity index (χ4n) is 2.04. The molecule has 0 aliphatic carbocycles. The van der Waals surface area contributed by atoms with Crippen molar-refractivity contribution in [2.24, 2.45) is 0 Å². The predicted molar refractivity (Wildman–Crippen MR) is 74.0 cm³/mol.